The molecule has 1 aromatic carbocycles. The third-order valence-electron chi connectivity index (χ3n) is 2.75. The lowest BCUT2D eigenvalue weighted by atomic mass is 10.1. The summed E-state index contributed by atoms with van der Waals surface area (Å²) in [5.41, 5.74) is 1.00. The lowest BCUT2D eigenvalue weighted by Crippen LogP contribution is -2.11. The molecule has 0 aliphatic carbocycles. The van der Waals surface area contributed by atoms with E-state index in [1.54, 1.807) is 24.3 Å². The number of furan rings is 1. The van der Waals surface area contributed by atoms with Crippen molar-refractivity contribution in [3.05, 3.63) is 48.2 Å². The second-order valence-electron chi connectivity index (χ2n) is 4.05. The summed E-state index contributed by atoms with van der Waals surface area (Å²) in [6.07, 6.45) is 1.42. The highest BCUT2D eigenvalue weighted by Gasteiger charge is 2.23. The van der Waals surface area contributed by atoms with Crippen LogP contribution in [0.5, 0.6) is 0 Å². The van der Waals surface area contributed by atoms with E-state index < -0.39 is 11.9 Å². The fourth-order valence-corrected chi connectivity index (χ4v) is 1.88. The third kappa shape index (κ3) is 2.71. The summed E-state index contributed by atoms with van der Waals surface area (Å²) in [4.78, 5) is 23.4. The molecule has 0 saturated heterocycles. The Kier molecular flexibility index (Phi) is 4.20. The van der Waals surface area contributed by atoms with Crippen LogP contribution in [-0.4, -0.2) is 25.7 Å². The minimum Gasteiger partial charge on any atom is -0.463 e. The number of para-hydroxylation sites is 1. The summed E-state index contributed by atoms with van der Waals surface area (Å²) >= 11 is 0. The van der Waals surface area contributed by atoms with Crippen LogP contribution in [0.2, 0.25) is 0 Å². The van der Waals surface area contributed by atoms with E-state index in [-0.39, 0.29) is 18.8 Å². The van der Waals surface area contributed by atoms with Gasteiger partial charge in [-0.3, -0.25) is 4.79 Å². The van der Waals surface area contributed by atoms with Crippen molar-refractivity contribution in [3.8, 4) is 0 Å². The molecule has 0 bridgehead atoms. The first-order chi connectivity index (χ1) is 9.67. The van der Waals surface area contributed by atoms with E-state index in [4.69, 9.17) is 9.15 Å². The molecule has 5 nitrogen and oxygen atoms in total. The van der Waals surface area contributed by atoms with E-state index in [0.29, 0.717) is 16.5 Å². The lowest BCUT2D eigenvalue weighted by Gasteiger charge is -2.02. The first-order valence-electron chi connectivity index (χ1n) is 6.02. The minimum absolute atomic E-state index is 0.0317. The number of esters is 2. The monoisotopic (exact) mass is 274 g/mol. The number of carbonyl (C=O) groups is 2. The third-order valence-corrected chi connectivity index (χ3v) is 2.75. The fourth-order valence-electron chi connectivity index (χ4n) is 1.88. The van der Waals surface area contributed by atoms with Crippen LogP contribution in [0.15, 0.2) is 41.3 Å². The van der Waals surface area contributed by atoms with Gasteiger partial charge in [0.25, 0.3) is 0 Å². The zero-order valence-electron chi connectivity index (χ0n) is 11.0. The van der Waals surface area contributed by atoms with Crippen molar-refractivity contribution >= 4 is 22.9 Å². The molecule has 104 valence electrons. The summed E-state index contributed by atoms with van der Waals surface area (Å²) in [5, 5.41) is 0.698. The maximum absolute atomic E-state index is 11.7. The molecule has 5 heteroatoms. The van der Waals surface area contributed by atoms with Gasteiger partial charge in [0, 0.05) is 10.9 Å². The Morgan fingerprint density at radius 3 is 2.80 bits per heavy atom. The number of fused-ring (bicyclic) bond motifs is 1. The Bertz CT molecular complexity index is 653. The van der Waals surface area contributed by atoms with Crippen molar-refractivity contribution in [3.63, 3.8) is 0 Å². The van der Waals surface area contributed by atoms with Crippen LogP contribution < -0.4 is 0 Å². The average molecular weight is 274 g/mol. The molecule has 1 heterocycles. The minimum atomic E-state index is -0.618. The Hall–Kier alpha value is -2.56. The number of methoxy groups -OCH3 is 1. The molecule has 1 aromatic heterocycles. The van der Waals surface area contributed by atoms with Gasteiger partial charge in [0.2, 0.25) is 5.76 Å². The number of hydrogen-bond acceptors (Lipinski definition) is 5. The van der Waals surface area contributed by atoms with E-state index >= 15 is 0 Å². The van der Waals surface area contributed by atoms with Crippen LogP contribution in [0.3, 0.4) is 0 Å². The topological polar surface area (TPSA) is 65.7 Å². The summed E-state index contributed by atoms with van der Waals surface area (Å²) in [6.45, 7) is 3.60. The lowest BCUT2D eigenvalue weighted by molar-refractivity contribution is -0.141. The van der Waals surface area contributed by atoms with Crippen LogP contribution in [0.4, 0.5) is 0 Å². The Labute approximate surface area is 115 Å². The highest BCUT2D eigenvalue weighted by Crippen LogP contribution is 2.27. The summed E-state index contributed by atoms with van der Waals surface area (Å²) in [5.74, 6) is -1.04. The van der Waals surface area contributed by atoms with Gasteiger partial charge in [0.15, 0.2) is 0 Å². The van der Waals surface area contributed by atoms with Crippen LogP contribution >= 0.6 is 0 Å². The molecule has 2 aromatic rings. The molecule has 0 aliphatic heterocycles. The SMILES string of the molecule is C=CCOC(=O)Cc1c(C(=O)OC)oc2ccccc12. The number of rotatable bonds is 5. The van der Waals surface area contributed by atoms with E-state index in [1.165, 1.54) is 13.2 Å². The van der Waals surface area contributed by atoms with Crippen molar-refractivity contribution in [2.45, 2.75) is 6.42 Å². The molecule has 20 heavy (non-hydrogen) atoms. The molecule has 0 saturated carbocycles. The number of hydrogen-bond donors (Lipinski definition) is 0. The molecule has 0 radical (unpaired) electrons. The molecular weight excluding hydrogens is 260 g/mol. The quantitative estimate of drug-likeness (QED) is 0.619. The van der Waals surface area contributed by atoms with E-state index in [2.05, 4.69) is 11.3 Å². The predicted molar refractivity (Wildman–Crippen MR) is 72.4 cm³/mol. The Morgan fingerprint density at radius 2 is 2.10 bits per heavy atom. The largest absolute Gasteiger partial charge is 0.463 e. The molecular formula is C15H14O5. The second kappa shape index (κ2) is 6.06. The fraction of sp³-hybridized carbons (Fsp3) is 0.200. The van der Waals surface area contributed by atoms with Crippen molar-refractivity contribution in [1.82, 2.24) is 0 Å². The normalized spacial score (nSPS) is 10.2. The molecule has 0 N–H and O–H groups in total. The van der Waals surface area contributed by atoms with Gasteiger partial charge < -0.3 is 13.9 Å². The van der Waals surface area contributed by atoms with E-state index in [1.807, 2.05) is 0 Å². The van der Waals surface area contributed by atoms with Crippen LogP contribution in [0, 0.1) is 0 Å². The van der Waals surface area contributed by atoms with Crippen LogP contribution in [-0.2, 0) is 20.7 Å². The van der Waals surface area contributed by atoms with Gasteiger partial charge in [-0.25, -0.2) is 4.79 Å². The molecule has 0 fully saturated rings. The van der Waals surface area contributed by atoms with Crippen molar-refractivity contribution in [2.75, 3.05) is 13.7 Å². The summed E-state index contributed by atoms with van der Waals surface area (Å²) in [6, 6.07) is 7.09. The first kappa shape index (κ1) is 13.9. The van der Waals surface area contributed by atoms with Crippen molar-refractivity contribution < 1.29 is 23.5 Å². The maximum Gasteiger partial charge on any atom is 0.374 e. The van der Waals surface area contributed by atoms with Gasteiger partial charge in [-0.1, -0.05) is 30.9 Å². The van der Waals surface area contributed by atoms with Gasteiger partial charge in [-0.2, -0.15) is 0 Å². The van der Waals surface area contributed by atoms with Gasteiger partial charge in [0.1, 0.15) is 12.2 Å². The van der Waals surface area contributed by atoms with Crippen molar-refractivity contribution in [2.24, 2.45) is 0 Å². The number of carbonyl (C=O) groups excluding carboxylic acids is 2. The van der Waals surface area contributed by atoms with Gasteiger partial charge in [-0.15, -0.1) is 0 Å². The zero-order chi connectivity index (χ0) is 14.5. The Morgan fingerprint density at radius 1 is 1.35 bits per heavy atom. The summed E-state index contributed by atoms with van der Waals surface area (Å²) in [7, 11) is 1.26. The van der Waals surface area contributed by atoms with Crippen LogP contribution in [0.25, 0.3) is 11.0 Å². The van der Waals surface area contributed by atoms with E-state index in [0.717, 1.165) is 0 Å². The van der Waals surface area contributed by atoms with Gasteiger partial charge in [-0.05, 0) is 6.07 Å². The highest BCUT2D eigenvalue weighted by atomic mass is 16.5. The highest BCUT2D eigenvalue weighted by molar-refractivity contribution is 5.98. The molecule has 0 aliphatic rings. The molecule has 0 amide bonds. The van der Waals surface area contributed by atoms with Gasteiger partial charge >= 0.3 is 11.9 Å². The maximum atomic E-state index is 11.7. The average Bonchev–Trinajstić information content (AvgIpc) is 2.83. The molecule has 0 spiro atoms. The number of benzene rings is 1. The molecule has 0 atom stereocenters. The standard InChI is InChI=1S/C15H14O5/c1-3-8-19-13(16)9-11-10-6-4-5-7-12(10)20-14(11)15(17)18-2/h3-7H,1,8-9H2,2H3. The molecule has 2 rings (SSSR count). The predicted octanol–water partition coefficient (Wildman–Crippen LogP) is 2.49. The Balaban J connectivity index is 2.40. The zero-order valence-corrected chi connectivity index (χ0v) is 11.0. The molecule has 0 unspecified atom stereocenters. The van der Waals surface area contributed by atoms with E-state index in [9.17, 15) is 9.59 Å². The van der Waals surface area contributed by atoms with Gasteiger partial charge in [0.05, 0.1) is 13.5 Å². The van der Waals surface area contributed by atoms with Crippen LogP contribution in [0.1, 0.15) is 16.1 Å². The number of ether oxygens (including phenoxy) is 2. The smallest absolute Gasteiger partial charge is 0.374 e. The summed E-state index contributed by atoms with van der Waals surface area (Å²) < 4.78 is 15.1. The first-order valence-corrected chi connectivity index (χ1v) is 6.02. The second-order valence-corrected chi connectivity index (χ2v) is 4.05. The van der Waals surface area contributed by atoms with Crippen molar-refractivity contribution in [1.29, 1.82) is 0 Å².